The maximum Gasteiger partial charge on any atom is 0.226 e. The van der Waals surface area contributed by atoms with Crippen molar-refractivity contribution < 1.29 is 77.1 Å². The number of carbonyl (C=O) groups is 5. The van der Waals surface area contributed by atoms with E-state index in [1.165, 1.54) is 17.5 Å². The summed E-state index contributed by atoms with van der Waals surface area (Å²) in [6.45, 7) is 64.5. The van der Waals surface area contributed by atoms with Gasteiger partial charge in [-0.05, 0) is 309 Å². The van der Waals surface area contributed by atoms with Crippen molar-refractivity contribution in [3.05, 3.63) is 86.0 Å². The summed E-state index contributed by atoms with van der Waals surface area (Å²) < 4.78 is 42.1. The smallest absolute Gasteiger partial charge is 0.226 e. The number of carbonyl (C=O) groups excluding carboxylic acids is 5. The molecule has 2 heterocycles. The predicted octanol–water partition coefficient (Wildman–Crippen LogP) is 13.4. The van der Waals surface area contributed by atoms with Crippen molar-refractivity contribution in [2.45, 2.75) is 333 Å². The minimum Gasteiger partial charge on any atom is -0.513 e. The average molecular weight is 2000 g/mol. The number of aliphatic hydroxyl groups is 7. The molecule has 9 aliphatic rings. The van der Waals surface area contributed by atoms with Crippen molar-refractivity contribution in [3.8, 4) is 0 Å². The second-order valence-electron chi connectivity index (χ2n) is 45.3. The van der Waals surface area contributed by atoms with E-state index in [9.17, 15) is 46.8 Å². The summed E-state index contributed by atoms with van der Waals surface area (Å²) >= 11 is 0. The molecule has 0 aromatic heterocycles. The van der Waals surface area contributed by atoms with Gasteiger partial charge in [0.1, 0.15) is 23.1 Å². The molecule has 32 N–H and O–H groups in total. The average Bonchev–Trinajstić information content (AvgIpc) is 1.49. The van der Waals surface area contributed by atoms with Crippen LogP contribution in [0.25, 0.3) is 0 Å². The molecule has 1 amide bonds. The van der Waals surface area contributed by atoms with E-state index in [2.05, 4.69) is 84.9 Å². The van der Waals surface area contributed by atoms with Gasteiger partial charge in [-0.3, -0.25) is 28.2 Å². The van der Waals surface area contributed by atoms with Crippen LogP contribution in [0.4, 0.5) is 0 Å². The van der Waals surface area contributed by atoms with Crippen LogP contribution in [0.5, 0.6) is 0 Å². The van der Waals surface area contributed by atoms with Gasteiger partial charge in [0, 0.05) is 147 Å². The van der Waals surface area contributed by atoms with E-state index in [-0.39, 0.29) is 84.6 Å². The predicted molar refractivity (Wildman–Crippen MR) is 577 cm³/mol. The molecular formula is C105H209N15O16S2. The Hall–Kier alpha value is -5.38. The normalized spacial score (nSPS) is 23.0. The summed E-state index contributed by atoms with van der Waals surface area (Å²) in [7, 11) is -3.33. The third-order valence-electron chi connectivity index (χ3n) is 27.9. The van der Waals surface area contributed by atoms with Gasteiger partial charge in [-0.1, -0.05) is 128 Å². The summed E-state index contributed by atoms with van der Waals surface area (Å²) in [6.07, 6.45) is 32.2. The molecule has 4 bridgehead atoms. The fourth-order valence-electron chi connectivity index (χ4n) is 16.7. The number of Topliss-reactive ketones (excluding diaryl/α,β-unsaturated/α-hetero) is 4. The summed E-state index contributed by atoms with van der Waals surface area (Å²) in [5.41, 5.74) is 68.3. The highest BCUT2D eigenvalue weighted by Crippen LogP contribution is 2.58. The van der Waals surface area contributed by atoms with Gasteiger partial charge in [0.25, 0.3) is 0 Å². The second kappa shape index (κ2) is 68.1. The van der Waals surface area contributed by atoms with Crippen LogP contribution in [0.3, 0.4) is 0 Å². The number of amides is 1. The number of piperidine rings is 2. The Balaban J connectivity index is -0.000000710. The first kappa shape index (κ1) is 139. The quantitative estimate of drug-likeness (QED) is 0.0154. The zero-order chi connectivity index (χ0) is 108. The number of sulfonamides is 1. The van der Waals surface area contributed by atoms with E-state index < -0.39 is 31.3 Å². The minimum absolute atomic E-state index is 0.00769. The lowest BCUT2D eigenvalue weighted by Gasteiger charge is -2.51. The van der Waals surface area contributed by atoms with Gasteiger partial charge in [-0.2, -0.15) is 0 Å². The lowest BCUT2D eigenvalue weighted by atomic mass is 9.57. The van der Waals surface area contributed by atoms with Crippen molar-refractivity contribution in [3.63, 3.8) is 0 Å². The summed E-state index contributed by atoms with van der Waals surface area (Å²) in [5, 5.41) is 66.1. The SMILES string of the molecule is C=C(CC(C)(C)CN)C(C)O.C=C(CO)CC(C)(C)CN.C=C(O)C12CCC(N)(CC1)C2.C=C(O)C12CCC(N)(CC1)CC2.C=C(O)C1CC(CN)C1.C=C(O)C1CCC(CN)CC1.C=C(O)CCC(=O)CC(C)(C)CN.C=S(C)(=O)N1CCC(CCN)CC1.CC(=O)CCNC(=O)C(C)(C)CN.CCCC(=O)CC(C)(C)CN.COCCC(=O)CC(C)(C)CN.CS(=O)(=O)N1CCC(CN)CC1. The molecule has 9 rings (SSSR count). The van der Waals surface area contributed by atoms with Gasteiger partial charge in [-0.15, -0.1) is 0 Å². The van der Waals surface area contributed by atoms with Crippen molar-refractivity contribution in [1.29, 1.82) is 0 Å². The van der Waals surface area contributed by atoms with Gasteiger partial charge in [0.2, 0.25) is 15.9 Å². The lowest BCUT2D eigenvalue weighted by molar-refractivity contribution is -0.129. The molecule has 2 saturated heterocycles. The standard InChI is InChI=1S/C10H19NO2.C10H17NO.C9H18N2O2.C9H20N2OS.C9H19NO2.C9H15NO.C9H17NO.2C9H19NO.C8H17NO.C7H16N2O2S.C7H13NO/c1-8(12)4-5-9(13)6-10(2,3)7-11;1-8(12)9-2-5-10(11,6-3-9)7-4-9;1-7(12)4-5-11-8(13)9(2,3)6-10;1-13(2,12)11-7-4-9(3-6-10)5-8-11;1-9(2,7-10)6-8(11)4-5-12-3;1-7(11)8-2-4-9(10,6-8)5-3-8;1-7(11)9-4-2-8(6-10)3-5-9;1-7(8(2)11)5-9(3,4)6-10;1-4-5-8(11)6-9(2,3)7-10;1-7(5-10)4-8(2,3)6-9;1-12(10,11)9-4-2-7(6-8)3-5-9;1-5(9)7-2-6(3-7)4-8/h12H,1,4-7,11H2,2-3H3;12H,1-7,11H2;4-6,10H2,1-3H3,(H,11,13);9H,1,3-8,10H2,2H3;4-7,10H2,1-3H3;11H,1-6,10H2;8-9,11H,1-6,10H2;8,11H,1,5-6,10H2,2-4H3;4-7,10H2,1-3H3;10H,1,4-6,9H2,2-3H3;7H,2-6,8H2,1H3;6-7,9H,1-4,8H2. The van der Waals surface area contributed by atoms with Crippen LogP contribution >= 0.6 is 0 Å². The molecule has 9 fully saturated rings. The number of allylic oxidation sites excluding steroid dienone is 5. The molecule has 812 valence electrons. The monoisotopic (exact) mass is 2000 g/mol. The van der Waals surface area contributed by atoms with Crippen LogP contribution in [-0.4, -0.2) is 240 Å². The molecule has 2 aliphatic heterocycles. The minimum atomic E-state index is -2.97. The molecule has 0 radical (unpaired) electrons. The number of methoxy groups -OCH3 is 1. The Bertz CT molecular complexity index is 3770. The van der Waals surface area contributed by atoms with E-state index in [0.717, 1.165) is 210 Å². The Kier molecular flexibility index (Phi) is 68.5. The van der Waals surface area contributed by atoms with Gasteiger partial charge in [0.05, 0.1) is 59.8 Å². The first-order valence-corrected chi connectivity index (χ1v) is 54.3. The molecule has 0 aromatic rings. The summed E-state index contributed by atoms with van der Waals surface area (Å²) in [5.74, 6) is 9.15. The zero-order valence-electron chi connectivity index (χ0n) is 90.0. The van der Waals surface area contributed by atoms with Gasteiger partial charge >= 0.3 is 0 Å². The Labute approximate surface area is 838 Å². The number of nitrogens with zero attached hydrogens (tertiary/aromatic N) is 2. The van der Waals surface area contributed by atoms with Crippen molar-refractivity contribution in [2.24, 2.45) is 148 Å². The van der Waals surface area contributed by atoms with E-state index in [1.807, 2.05) is 52.8 Å². The number of ether oxygens (including phenoxy) is 1. The summed E-state index contributed by atoms with van der Waals surface area (Å²) in [6, 6.07) is 0. The first-order valence-electron chi connectivity index (χ1n) is 50.3. The highest BCUT2D eigenvalue weighted by atomic mass is 32.2. The number of fused-ring (bicyclic) bond motifs is 5. The first-order chi connectivity index (χ1) is 63.4. The lowest BCUT2D eigenvalue weighted by Crippen LogP contribution is -2.52. The number of rotatable bonds is 41. The maximum atomic E-state index is 11.6. The zero-order valence-corrected chi connectivity index (χ0v) is 91.6. The highest BCUT2D eigenvalue weighted by molar-refractivity contribution is 7.97. The molecule has 33 heteroatoms. The molecule has 7 aliphatic carbocycles. The number of aliphatic hydroxyl groups excluding tert-OH is 7. The molecule has 2 atom stereocenters. The van der Waals surface area contributed by atoms with Crippen molar-refractivity contribution >= 4 is 54.6 Å². The molecule has 7 saturated carbocycles. The third kappa shape index (κ3) is 62.3. The molecule has 2 unspecified atom stereocenters. The molecule has 0 aromatic carbocycles. The van der Waals surface area contributed by atoms with Crippen LogP contribution < -0.4 is 74.1 Å². The number of hydrogen-bond acceptors (Lipinski definition) is 28. The van der Waals surface area contributed by atoms with E-state index in [4.69, 9.17) is 99.1 Å². The molecule has 31 nitrogen and oxygen atoms in total. The molecule has 138 heavy (non-hydrogen) atoms. The van der Waals surface area contributed by atoms with Crippen molar-refractivity contribution in [2.75, 3.05) is 131 Å². The molecular weight excluding hydrogens is 1790 g/mol. The van der Waals surface area contributed by atoms with E-state index in [1.54, 1.807) is 34.1 Å². The Morgan fingerprint density at radius 1 is 0.478 bits per heavy atom. The fourth-order valence-corrected chi connectivity index (χ4v) is 18.6. The van der Waals surface area contributed by atoms with Crippen molar-refractivity contribution in [1.82, 2.24) is 13.9 Å². The van der Waals surface area contributed by atoms with Crippen LogP contribution in [0.15, 0.2) is 86.0 Å². The van der Waals surface area contributed by atoms with Crippen LogP contribution in [-0.2, 0) is 48.4 Å². The Morgan fingerprint density at radius 3 is 1.16 bits per heavy atom. The molecule has 0 spiro atoms. The number of hydrogen-bond donors (Lipinski definition) is 20. The van der Waals surface area contributed by atoms with E-state index >= 15 is 0 Å². The third-order valence-corrected chi connectivity index (χ3v) is 30.7. The number of ketones is 4. The van der Waals surface area contributed by atoms with Gasteiger partial charge in [-0.25, -0.2) is 17.0 Å². The van der Waals surface area contributed by atoms with Crippen LogP contribution in [0, 0.1) is 78.8 Å². The fraction of sp³-hybridized carbons (Fsp3) is 0.810. The second-order valence-corrected chi connectivity index (χ2v) is 49.7. The number of nitrogens with one attached hydrogen (secondary N) is 1. The van der Waals surface area contributed by atoms with Crippen LogP contribution in [0.2, 0.25) is 0 Å². The number of nitrogens with two attached hydrogens (primary N) is 12. The maximum absolute atomic E-state index is 11.6. The largest absolute Gasteiger partial charge is 0.513 e. The van der Waals surface area contributed by atoms with Gasteiger partial charge in [0.15, 0.2) is 0 Å². The summed E-state index contributed by atoms with van der Waals surface area (Å²) in [4.78, 5) is 55.7. The highest BCUT2D eigenvalue weighted by Gasteiger charge is 2.54. The Morgan fingerprint density at radius 2 is 0.848 bits per heavy atom. The topological polar surface area (TPSA) is 618 Å². The van der Waals surface area contributed by atoms with Gasteiger partial charge < -0.3 is 115 Å². The van der Waals surface area contributed by atoms with Crippen LogP contribution in [0.1, 0.15) is 316 Å². The van der Waals surface area contributed by atoms with E-state index in [0.29, 0.717) is 182 Å².